The number of piperidine rings is 1. The Balaban J connectivity index is 2.23. The lowest BCUT2D eigenvalue weighted by atomic mass is 9.88. The summed E-state index contributed by atoms with van der Waals surface area (Å²) in [7, 11) is 1.92. The molecule has 0 aromatic heterocycles. The third-order valence-electron chi connectivity index (χ3n) is 3.19. The van der Waals surface area contributed by atoms with Crippen molar-refractivity contribution >= 4 is 18.0 Å². The zero-order chi connectivity index (χ0) is 11.9. The molecule has 2 aliphatic rings. The number of hydrogen-bond acceptors (Lipinski definition) is 4. The summed E-state index contributed by atoms with van der Waals surface area (Å²) in [5, 5.41) is 11.3. The Labute approximate surface area is 92.0 Å². The number of nitrogens with zero attached hydrogens (tertiary/aromatic N) is 2. The Bertz CT molecular complexity index is 360. The molecule has 2 heterocycles. The molecular formula is C9H13N3O4. The normalized spacial score (nSPS) is 24.9. The van der Waals surface area contributed by atoms with Gasteiger partial charge >= 0.3 is 12.1 Å². The molecule has 0 aromatic carbocycles. The van der Waals surface area contributed by atoms with Crippen molar-refractivity contribution in [2.45, 2.75) is 18.4 Å². The van der Waals surface area contributed by atoms with Crippen molar-refractivity contribution in [1.82, 2.24) is 15.1 Å². The minimum absolute atomic E-state index is 0.269. The summed E-state index contributed by atoms with van der Waals surface area (Å²) in [6.07, 6.45) is -0.603. The van der Waals surface area contributed by atoms with Crippen LogP contribution in [0.4, 0.5) is 9.59 Å². The van der Waals surface area contributed by atoms with Gasteiger partial charge in [0.05, 0.1) is 0 Å². The lowest BCUT2D eigenvalue weighted by Gasteiger charge is -2.35. The Hall–Kier alpha value is -1.63. The molecule has 2 aliphatic heterocycles. The second kappa shape index (κ2) is 3.44. The maximum absolute atomic E-state index is 11.9. The number of amides is 4. The fourth-order valence-electron chi connectivity index (χ4n) is 2.13. The summed E-state index contributed by atoms with van der Waals surface area (Å²) in [5.74, 6) is -0.641. The van der Waals surface area contributed by atoms with Gasteiger partial charge in [-0.15, -0.1) is 0 Å². The Morgan fingerprint density at radius 2 is 1.94 bits per heavy atom. The van der Waals surface area contributed by atoms with E-state index in [2.05, 4.69) is 5.32 Å². The first-order valence-corrected chi connectivity index (χ1v) is 5.04. The molecule has 0 radical (unpaired) electrons. The highest BCUT2D eigenvalue weighted by Gasteiger charge is 2.54. The van der Waals surface area contributed by atoms with Gasteiger partial charge in [-0.05, 0) is 19.9 Å². The molecule has 0 unspecified atom stereocenters. The second-order valence-electron chi connectivity index (χ2n) is 4.24. The van der Waals surface area contributed by atoms with Crippen LogP contribution in [-0.4, -0.2) is 58.6 Å². The van der Waals surface area contributed by atoms with E-state index in [4.69, 9.17) is 5.11 Å². The topological polar surface area (TPSA) is 90.0 Å². The maximum atomic E-state index is 11.9. The van der Waals surface area contributed by atoms with Gasteiger partial charge in [-0.3, -0.25) is 4.79 Å². The van der Waals surface area contributed by atoms with Gasteiger partial charge in [0.15, 0.2) is 0 Å². The van der Waals surface area contributed by atoms with E-state index in [9.17, 15) is 14.4 Å². The van der Waals surface area contributed by atoms with E-state index in [1.165, 1.54) is 0 Å². The van der Waals surface area contributed by atoms with E-state index in [0.717, 1.165) is 0 Å². The monoisotopic (exact) mass is 227 g/mol. The first-order chi connectivity index (χ1) is 7.46. The van der Waals surface area contributed by atoms with Crippen molar-refractivity contribution in [1.29, 1.82) is 0 Å². The van der Waals surface area contributed by atoms with E-state index in [1.807, 2.05) is 11.9 Å². The number of carboxylic acid groups (broad SMARTS) is 1. The second-order valence-corrected chi connectivity index (χ2v) is 4.24. The highest BCUT2D eigenvalue weighted by molar-refractivity contribution is 6.16. The maximum Gasteiger partial charge on any atom is 0.422 e. The van der Waals surface area contributed by atoms with Crippen molar-refractivity contribution in [2.75, 3.05) is 20.1 Å². The van der Waals surface area contributed by atoms with Gasteiger partial charge in [0.2, 0.25) is 0 Å². The summed E-state index contributed by atoms with van der Waals surface area (Å²) < 4.78 is 0. The Morgan fingerprint density at radius 3 is 2.38 bits per heavy atom. The van der Waals surface area contributed by atoms with Crippen LogP contribution in [0.15, 0.2) is 0 Å². The van der Waals surface area contributed by atoms with E-state index >= 15 is 0 Å². The molecule has 0 aromatic rings. The zero-order valence-corrected chi connectivity index (χ0v) is 8.89. The highest BCUT2D eigenvalue weighted by Crippen LogP contribution is 2.28. The predicted octanol–water partition coefficient (Wildman–Crippen LogP) is -0.319. The van der Waals surface area contributed by atoms with E-state index in [1.54, 1.807) is 0 Å². The van der Waals surface area contributed by atoms with Gasteiger partial charge in [0, 0.05) is 13.1 Å². The van der Waals surface area contributed by atoms with Crippen LogP contribution in [0.5, 0.6) is 0 Å². The third-order valence-corrected chi connectivity index (χ3v) is 3.19. The average Bonchev–Trinajstić information content (AvgIpc) is 2.44. The summed E-state index contributed by atoms with van der Waals surface area (Å²) in [4.78, 5) is 36.3. The number of imide groups is 3. The van der Waals surface area contributed by atoms with Gasteiger partial charge in [0.25, 0.3) is 5.91 Å². The quantitative estimate of drug-likeness (QED) is 0.553. The molecule has 0 bridgehead atoms. The van der Waals surface area contributed by atoms with Crippen molar-refractivity contribution < 1.29 is 19.5 Å². The van der Waals surface area contributed by atoms with Gasteiger partial charge in [-0.25, -0.2) is 9.59 Å². The number of urea groups is 1. The Morgan fingerprint density at radius 1 is 1.38 bits per heavy atom. The standard InChI is InChI=1S/C9H13N3O4/c1-11-4-2-9(3-5-11)6(13)12(8(15)16)7(14)10-9/h2-5H2,1H3,(H,10,14)(H,15,16). The van der Waals surface area contributed by atoms with E-state index < -0.39 is 23.6 Å². The van der Waals surface area contributed by atoms with Gasteiger partial charge in [-0.1, -0.05) is 0 Å². The van der Waals surface area contributed by atoms with Crippen LogP contribution >= 0.6 is 0 Å². The molecule has 1 spiro atoms. The molecule has 0 atom stereocenters. The number of carbonyl (C=O) groups excluding carboxylic acids is 2. The molecule has 7 heteroatoms. The molecule has 0 aliphatic carbocycles. The molecular weight excluding hydrogens is 214 g/mol. The van der Waals surface area contributed by atoms with Crippen LogP contribution < -0.4 is 5.32 Å². The molecule has 7 nitrogen and oxygen atoms in total. The summed E-state index contributed by atoms with van der Waals surface area (Å²) in [5.41, 5.74) is -0.998. The zero-order valence-electron chi connectivity index (χ0n) is 8.89. The van der Waals surface area contributed by atoms with Crippen LogP contribution in [0.2, 0.25) is 0 Å². The number of likely N-dealkylation sites (tertiary alicyclic amines) is 1. The Kier molecular flexibility index (Phi) is 2.34. The molecule has 0 saturated carbocycles. The molecule has 4 amide bonds. The first-order valence-electron chi connectivity index (χ1n) is 5.04. The van der Waals surface area contributed by atoms with Crippen LogP contribution in [0.25, 0.3) is 0 Å². The van der Waals surface area contributed by atoms with Crippen molar-refractivity contribution in [2.24, 2.45) is 0 Å². The fourth-order valence-corrected chi connectivity index (χ4v) is 2.13. The minimum atomic E-state index is -1.52. The van der Waals surface area contributed by atoms with E-state index in [-0.39, 0.29) is 4.90 Å². The van der Waals surface area contributed by atoms with Gasteiger partial charge < -0.3 is 15.3 Å². The molecule has 2 rings (SSSR count). The van der Waals surface area contributed by atoms with Crippen LogP contribution in [-0.2, 0) is 4.79 Å². The third kappa shape index (κ3) is 1.44. The number of rotatable bonds is 0. The highest BCUT2D eigenvalue weighted by atomic mass is 16.4. The average molecular weight is 227 g/mol. The summed E-state index contributed by atoms with van der Waals surface area (Å²) in [6, 6.07) is -0.831. The summed E-state index contributed by atoms with van der Waals surface area (Å²) in [6.45, 7) is 1.33. The molecule has 2 fully saturated rings. The largest absolute Gasteiger partial charge is 0.464 e. The SMILES string of the molecule is CN1CCC2(CC1)NC(=O)N(C(=O)O)C2=O. The van der Waals surface area contributed by atoms with Crippen molar-refractivity contribution in [3.8, 4) is 0 Å². The van der Waals surface area contributed by atoms with Crippen LogP contribution in [0.3, 0.4) is 0 Å². The number of carbonyl (C=O) groups is 3. The van der Waals surface area contributed by atoms with Crippen LogP contribution in [0, 0.1) is 0 Å². The predicted molar refractivity (Wildman–Crippen MR) is 52.9 cm³/mol. The van der Waals surface area contributed by atoms with Crippen molar-refractivity contribution in [3.63, 3.8) is 0 Å². The number of hydrogen-bond donors (Lipinski definition) is 2. The lowest BCUT2D eigenvalue weighted by Crippen LogP contribution is -2.54. The van der Waals surface area contributed by atoms with Gasteiger partial charge in [0.1, 0.15) is 5.54 Å². The number of nitrogens with one attached hydrogen (secondary N) is 1. The lowest BCUT2D eigenvalue weighted by molar-refractivity contribution is -0.131. The fraction of sp³-hybridized carbons (Fsp3) is 0.667. The smallest absolute Gasteiger partial charge is 0.422 e. The minimum Gasteiger partial charge on any atom is -0.464 e. The van der Waals surface area contributed by atoms with Gasteiger partial charge in [-0.2, -0.15) is 4.90 Å². The van der Waals surface area contributed by atoms with E-state index in [0.29, 0.717) is 25.9 Å². The molecule has 88 valence electrons. The molecule has 2 saturated heterocycles. The summed E-state index contributed by atoms with van der Waals surface area (Å²) >= 11 is 0. The first kappa shape index (κ1) is 10.9. The van der Waals surface area contributed by atoms with Crippen molar-refractivity contribution in [3.05, 3.63) is 0 Å². The molecule has 2 N–H and O–H groups in total. The molecule has 16 heavy (non-hydrogen) atoms. The van der Waals surface area contributed by atoms with Crippen LogP contribution in [0.1, 0.15) is 12.8 Å².